The predicted molar refractivity (Wildman–Crippen MR) is 111 cm³/mol. The molecule has 2 rings (SSSR count). The third-order valence-electron chi connectivity index (χ3n) is 4.21. The van der Waals surface area contributed by atoms with E-state index in [1.165, 1.54) is 0 Å². The number of amides is 2. The maximum absolute atomic E-state index is 12.9. The normalized spacial score (nSPS) is 12.2. The van der Waals surface area contributed by atoms with E-state index in [1.54, 1.807) is 24.0 Å². The standard InChI is InChI=1S/C23H30N2O3/c1-17-10-9-11-19(14-17)15-25(18(2)22(27)24-23(3,4)5)21(26)16-28-20-12-7-6-8-13-20/h6-14,18H,15-16H2,1-5H3,(H,24,27). The summed E-state index contributed by atoms with van der Waals surface area (Å²) in [5.74, 6) is 0.202. The molecule has 0 saturated carbocycles. The molecule has 1 atom stereocenters. The first-order valence-corrected chi connectivity index (χ1v) is 9.50. The molecule has 2 aromatic carbocycles. The Hall–Kier alpha value is -2.82. The van der Waals surface area contributed by atoms with Crippen LogP contribution in [0.4, 0.5) is 0 Å². The molecule has 0 aliphatic rings. The SMILES string of the molecule is Cc1cccc(CN(C(=O)COc2ccccc2)C(C)C(=O)NC(C)(C)C)c1. The highest BCUT2D eigenvalue weighted by Gasteiger charge is 2.28. The van der Waals surface area contributed by atoms with Crippen LogP contribution in [0.1, 0.15) is 38.8 Å². The molecule has 150 valence electrons. The van der Waals surface area contributed by atoms with E-state index in [9.17, 15) is 9.59 Å². The summed E-state index contributed by atoms with van der Waals surface area (Å²) in [6.07, 6.45) is 0. The molecule has 1 unspecified atom stereocenters. The number of carbonyl (C=O) groups excluding carboxylic acids is 2. The second kappa shape index (κ2) is 9.40. The lowest BCUT2D eigenvalue weighted by atomic mass is 10.1. The molecule has 5 heteroatoms. The van der Waals surface area contributed by atoms with E-state index in [2.05, 4.69) is 5.32 Å². The fraction of sp³-hybridized carbons (Fsp3) is 0.391. The van der Waals surface area contributed by atoms with Crippen molar-refractivity contribution >= 4 is 11.8 Å². The van der Waals surface area contributed by atoms with Gasteiger partial charge in [0.05, 0.1) is 0 Å². The average molecular weight is 383 g/mol. The van der Waals surface area contributed by atoms with Crippen LogP contribution in [0.2, 0.25) is 0 Å². The Bertz CT molecular complexity index is 797. The lowest BCUT2D eigenvalue weighted by Gasteiger charge is -2.31. The highest BCUT2D eigenvalue weighted by Crippen LogP contribution is 2.14. The van der Waals surface area contributed by atoms with E-state index in [0.29, 0.717) is 12.3 Å². The topological polar surface area (TPSA) is 58.6 Å². The van der Waals surface area contributed by atoms with Gasteiger partial charge in [-0.25, -0.2) is 0 Å². The van der Waals surface area contributed by atoms with E-state index < -0.39 is 6.04 Å². The summed E-state index contributed by atoms with van der Waals surface area (Å²) in [4.78, 5) is 27.2. The van der Waals surface area contributed by atoms with Crippen LogP contribution >= 0.6 is 0 Å². The van der Waals surface area contributed by atoms with Gasteiger partial charge in [-0.3, -0.25) is 9.59 Å². The number of ether oxygens (including phenoxy) is 1. The van der Waals surface area contributed by atoms with E-state index >= 15 is 0 Å². The summed E-state index contributed by atoms with van der Waals surface area (Å²) in [6, 6.07) is 16.5. The molecule has 5 nitrogen and oxygen atoms in total. The van der Waals surface area contributed by atoms with Crippen LogP contribution in [0.3, 0.4) is 0 Å². The van der Waals surface area contributed by atoms with Crippen molar-refractivity contribution in [1.29, 1.82) is 0 Å². The van der Waals surface area contributed by atoms with Gasteiger partial charge in [-0.05, 0) is 52.3 Å². The Morgan fingerprint density at radius 1 is 1.07 bits per heavy atom. The summed E-state index contributed by atoms with van der Waals surface area (Å²) in [5, 5.41) is 2.95. The van der Waals surface area contributed by atoms with Crippen LogP contribution < -0.4 is 10.1 Å². The van der Waals surface area contributed by atoms with Crippen molar-refractivity contribution in [1.82, 2.24) is 10.2 Å². The van der Waals surface area contributed by atoms with Gasteiger partial charge >= 0.3 is 0 Å². The fourth-order valence-electron chi connectivity index (χ4n) is 2.81. The third kappa shape index (κ3) is 6.72. The number of nitrogens with one attached hydrogen (secondary N) is 1. The first kappa shape index (κ1) is 21.5. The number of aryl methyl sites for hydroxylation is 1. The molecular formula is C23H30N2O3. The molecule has 1 N–H and O–H groups in total. The van der Waals surface area contributed by atoms with E-state index in [0.717, 1.165) is 11.1 Å². The third-order valence-corrected chi connectivity index (χ3v) is 4.21. The molecule has 0 aliphatic carbocycles. The largest absolute Gasteiger partial charge is 0.484 e. The maximum Gasteiger partial charge on any atom is 0.261 e. The zero-order valence-electron chi connectivity index (χ0n) is 17.4. The van der Waals surface area contributed by atoms with Gasteiger partial charge in [0.15, 0.2) is 6.61 Å². The number of nitrogens with zero attached hydrogens (tertiary/aromatic N) is 1. The van der Waals surface area contributed by atoms with E-state index in [4.69, 9.17) is 4.74 Å². The molecule has 28 heavy (non-hydrogen) atoms. The van der Waals surface area contributed by atoms with Crippen molar-refractivity contribution in [2.45, 2.75) is 52.7 Å². The smallest absolute Gasteiger partial charge is 0.261 e. The molecule has 0 fully saturated rings. The molecular weight excluding hydrogens is 352 g/mol. The Morgan fingerprint density at radius 3 is 2.36 bits per heavy atom. The molecule has 0 radical (unpaired) electrons. The highest BCUT2D eigenvalue weighted by molar-refractivity contribution is 5.88. The van der Waals surface area contributed by atoms with Gasteiger partial charge in [0.1, 0.15) is 11.8 Å². The summed E-state index contributed by atoms with van der Waals surface area (Å²) in [7, 11) is 0. The van der Waals surface area contributed by atoms with Crippen LogP contribution in [0.15, 0.2) is 54.6 Å². The zero-order chi connectivity index (χ0) is 20.7. The second-order valence-corrected chi connectivity index (χ2v) is 8.03. The second-order valence-electron chi connectivity index (χ2n) is 8.03. The van der Waals surface area contributed by atoms with Gasteiger partial charge in [-0.1, -0.05) is 48.0 Å². The summed E-state index contributed by atoms with van der Waals surface area (Å²) < 4.78 is 5.62. The molecule has 0 bridgehead atoms. The van der Waals surface area contributed by atoms with Crippen LogP contribution in [-0.4, -0.2) is 34.9 Å². The number of rotatable bonds is 7. The van der Waals surface area contributed by atoms with Gasteiger partial charge in [-0.15, -0.1) is 0 Å². The minimum absolute atomic E-state index is 0.122. The average Bonchev–Trinajstić information content (AvgIpc) is 2.63. The van der Waals surface area contributed by atoms with Crippen molar-refractivity contribution in [2.75, 3.05) is 6.61 Å². The number of carbonyl (C=O) groups is 2. The number of para-hydroxylation sites is 1. The van der Waals surface area contributed by atoms with Crippen molar-refractivity contribution < 1.29 is 14.3 Å². The molecule has 0 aliphatic heterocycles. The zero-order valence-corrected chi connectivity index (χ0v) is 17.4. The molecule has 2 amide bonds. The molecule has 0 spiro atoms. The van der Waals surface area contributed by atoms with E-state index in [-0.39, 0.29) is 24.0 Å². The Labute approximate surface area is 167 Å². The lowest BCUT2D eigenvalue weighted by Crippen LogP contribution is -2.53. The van der Waals surface area contributed by atoms with Gasteiger partial charge in [-0.2, -0.15) is 0 Å². The summed E-state index contributed by atoms with van der Waals surface area (Å²) in [5.41, 5.74) is 1.71. The van der Waals surface area contributed by atoms with Crippen LogP contribution in [0.5, 0.6) is 5.75 Å². The van der Waals surface area contributed by atoms with Crippen LogP contribution in [0, 0.1) is 6.92 Å². The fourth-order valence-corrected chi connectivity index (χ4v) is 2.81. The minimum atomic E-state index is -0.619. The van der Waals surface area contributed by atoms with Crippen molar-refractivity contribution in [2.24, 2.45) is 0 Å². The molecule has 0 saturated heterocycles. The first-order chi connectivity index (χ1) is 13.2. The predicted octanol–water partition coefficient (Wildman–Crippen LogP) is 3.71. The Balaban J connectivity index is 2.16. The minimum Gasteiger partial charge on any atom is -0.484 e. The van der Waals surface area contributed by atoms with Crippen molar-refractivity contribution in [3.63, 3.8) is 0 Å². The van der Waals surface area contributed by atoms with Crippen molar-refractivity contribution in [3.8, 4) is 5.75 Å². The van der Waals surface area contributed by atoms with Gasteiger partial charge in [0, 0.05) is 12.1 Å². The number of hydrogen-bond donors (Lipinski definition) is 1. The van der Waals surface area contributed by atoms with Gasteiger partial charge < -0.3 is 15.0 Å². The summed E-state index contributed by atoms with van der Waals surface area (Å²) in [6.45, 7) is 9.73. The lowest BCUT2D eigenvalue weighted by molar-refractivity contribution is -0.142. The quantitative estimate of drug-likeness (QED) is 0.794. The van der Waals surface area contributed by atoms with Crippen LogP contribution in [0.25, 0.3) is 0 Å². The van der Waals surface area contributed by atoms with Gasteiger partial charge in [0.2, 0.25) is 5.91 Å². The first-order valence-electron chi connectivity index (χ1n) is 9.50. The van der Waals surface area contributed by atoms with E-state index in [1.807, 2.05) is 70.2 Å². The Kier molecular flexibility index (Phi) is 7.21. The molecule has 2 aromatic rings. The molecule has 0 heterocycles. The monoisotopic (exact) mass is 382 g/mol. The maximum atomic E-state index is 12.9. The molecule has 0 aromatic heterocycles. The van der Waals surface area contributed by atoms with Crippen molar-refractivity contribution in [3.05, 3.63) is 65.7 Å². The van der Waals surface area contributed by atoms with Gasteiger partial charge in [0.25, 0.3) is 5.91 Å². The Morgan fingerprint density at radius 2 is 1.75 bits per heavy atom. The summed E-state index contributed by atoms with van der Waals surface area (Å²) >= 11 is 0. The number of benzene rings is 2. The number of hydrogen-bond acceptors (Lipinski definition) is 3. The van der Waals surface area contributed by atoms with Crippen LogP contribution in [-0.2, 0) is 16.1 Å². The highest BCUT2D eigenvalue weighted by atomic mass is 16.5.